The van der Waals surface area contributed by atoms with E-state index < -0.39 is 0 Å². The molecule has 0 radical (unpaired) electrons. The first kappa shape index (κ1) is 41.4. The zero-order valence-electron chi connectivity index (χ0n) is 33.8. The summed E-state index contributed by atoms with van der Waals surface area (Å²) in [6.45, 7) is 10.9. The highest BCUT2D eigenvalue weighted by Crippen LogP contribution is 2.38. The topological polar surface area (TPSA) is 36.9 Å². The van der Waals surface area contributed by atoms with Crippen molar-refractivity contribution in [2.75, 3.05) is 13.2 Å². The second kappa shape index (κ2) is 23.3. The minimum Gasteiger partial charge on any atom is -0.352 e. The van der Waals surface area contributed by atoms with Gasteiger partial charge in [-0.3, -0.25) is 0 Å². The molecule has 2 unspecified atom stereocenters. The van der Waals surface area contributed by atoms with E-state index in [4.69, 9.17) is 18.9 Å². The minimum atomic E-state index is -0.0747. The highest BCUT2D eigenvalue weighted by molar-refractivity contribution is 5.64. The fourth-order valence-electron chi connectivity index (χ4n) is 9.01. The van der Waals surface area contributed by atoms with Crippen LogP contribution in [0, 0.1) is 23.7 Å². The molecule has 292 valence electrons. The van der Waals surface area contributed by atoms with Crippen LogP contribution < -0.4 is 0 Å². The Morgan fingerprint density at radius 2 is 0.981 bits per heavy atom. The molecule has 0 N–H and O–H groups in total. The molecule has 2 aromatic carbocycles. The zero-order valence-corrected chi connectivity index (χ0v) is 33.8. The highest BCUT2D eigenvalue weighted by Gasteiger charge is 2.35. The van der Waals surface area contributed by atoms with Crippen LogP contribution in [0.5, 0.6) is 0 Å². The van der Waals surface area contributed by atoms with Crippen LogP contribution in [0.25, 0.3) is 11.1 Å². The number of aryl methyl sites for hydroxylation is 2. The van der Waals surface area contributed by atoms with Gasteiger partial charge in [0, 0.05) is 24.2 Å². The molecule has 2 aromatic rings. The van der Waals surface area contributed by atoms with Crippen LogP contribution in [-0.2, 0) is 31.8 Å². The van der Waals surface area contributed by atoms with E-state index in [-0.39, 0.29) is 12.6 Å². The minimum absolute atomic E-state index is 0.0228. The maximum atomic E-state index is 6.48. The van der Waals surface area contributed by atoms with Crippen molar-refractivity contribution in [1.29, 1.82) is 0 Å². The summed E-state index contributed by atoms with van der Waals surface area (Å²) in [5.41, 5.74) is 5.41. The molecule has 5 rings (SSSR count). The van der Waals surface area contributed by atoms with Crippen molar-refractivity contribution in [2.45, 2.75) is 194 Å². The summed E-state index contributed by atoms with van der Waals surface area (Å²) in [6, 6.07) is 18.4. The van der Waals surface area contributed by atoms with Crippen molar-refractivity contribution in [3.63, 3.8) is 0 Å². The molecule has 4 heteroatoms. The monoisotopic (exact) mass is 717 g/mol. The number of hydrogen-bond donors (Lipinski definition) is 0. The molecular formula is C48H76O4. The number of unbranched alkanes of at least 4 members (excludes halogenated alkanes) is 10. The van der Waals surface area contributed by atoms with Crippen LogP contribution in [0.2, 0.25) is 0 Å². The highest BCUT2D eigenvalue weighted by atomic mass is 16.7. The summed E-state index contributed by atoms with van der Waals surface area (Å²) in [7, 11) is 0. The third-order valence-corrected chi connectivity index (χ3v) is 12.9. The van der Waals surface area contributed by atoms with Gasteiger partial charge in [-0.05, 0) is 99.8 Å². The van der Waals surface area contributed by atoms with Gasteiger partial charge in [0.05, 0.1) is 25.4 Å². The summed E-state index contributed by atoms with van der Waals surface area (Å²) in [4.78, 5) is 0. The quantitative estimate of drug-likeness (QED) is 0.114. The van der Waals surface area contributed by atoms with Crippen LogP contribution >= 0.6 is 0 Å². The summed E-state index contributed by atoms with van der Waals surface area (Å²) < 4.78 is 25.3. The van der Waals surface area contributed by atoms with Gasteiger partial charge in [0.25, 0.3) is 0 Å². The van der Waals surface area contributed by atoms with Gasteiger partial charge >= 0.3 is 0 Å². The molecule has 2 saturated heterocycles. The van der Waals surface area contributed by atoms with E-state index in [1.807, 2.05) is 0 Å². The lowest BCUT2D eigenvalue weighted by atomic mass is 9.79. The van der Waals surface area contributed by atoms with Gasteiger partial charge in [0.2, 0.25) is 0 Å². The first-order valence-corrected chi connectivity index (χ1v) is 22.2. The number of benzene rings is 2. The molecule has 0 aromatic heterocycles. The van der Waals surface area contributed by atoms with E-state index in [1.54, 1.807) is 0 Å². The van der Waals surface area contributed by atoms with Gasteiger partial charge < -0.3 is 18.9 Å². The lowest BCUT2D eigenvalue weighted by Crippen LogP contribution is -2.42. The molecule has 3 aliphatic rings. The Morgan fingerprint density at radius 3 is 1.50 bits per heavy atom. The molecule has 6 atom stereocenters. The van der Waals surface area contributed by atoms with Crippen molar-refractivity contribution < 1.29 is 18.9 Å². The third kappa shape index (κ3) is 13.8. The van der Waals surface area contributed by atoms with Crippen LogP contribution in [-0.4, -0.2) is 38.0 Å². The molecule has 3 fully saturated rings. The van der Waals surface area contributed by atoms with Crippen molar-refractivity contribution in [3.05, 3.63) is 59.7 Å². The van der Waals surface area contributed by atoms with Crippen molar-refractivity contribution in [3.8, 4) is 11.1 Å². The number of rotatable bonds is 22. The van der Waals surface area contributed by atoms with E-state index in [0.717, 1.165) is 32.0 Å². The lowest BCUT2D eigenvalue weighted by Gasteiger charge is -2.40. The van der Waals surface area contributed by atoms with Gasteiger partial charge in [-0.25, -0.2) is 0 Å². The first-order valence-electron chi connectivity index (χ1n) is 22.2. The Bertz CT molecular complexity index is 1200. The number of hydrogen-bond acceptors (Lipinski definition) is 4. The maximum Gasteiger partial charge on any atom is 0.160 e. The Morgan fingerprint density at radius 1 is 0.500 bits per heavy atom. The fourth-order valence-corrected chi connectivity index (χ4v) is 9.01. The largest absolute Gasteiger partial charge is 0.352 e. The standard InChI is InChI=1S/C48H76O4/c1-5-7-9-11-13-15-17-45-35-49-47(51-37(45)3)34-27-41-23-30-43(31-24-41)42-28-21-39(22-29-42)19-20-40-25-32-44(33-26-40)48-50-36-46(38(4)52-48)18-16-14-12-10-8-6-2/h21-24,28-31,37-38,40,44-48H,5-20,25-27,32-36H2,1-4H3/t37?,38?,40?,44?,45-,46-,47-,48-/m1/s1. The predicted molar refractivity (Wildman–Crippen MR) is 218 cm³/mol. The van der Waals surface area contributed by atoms with Crippen LogP contribution in [0.4, 0.5) is 0 Å². The molecule has 0 spiro atoms. The summed E-state index contributed by atoms with van der Waals surface area (Å²) >= 11 is 0. The van der Waals surface area contributed by atoms with E-state index in [2.05, 4.69) is 76.2 Å². The van der Waals surface area contributed by atoms with Crippen molar-refractivity contribution >= 4 is 0 Å². The lowest BCUT2D eigenvalue weighted by molar-refractivity contribution is -0.257. The predicted octanol–water partition coefficient (Wildman–Crippen LogP) is 13.3. The average Bonchev–Trinajstić information content (AvgIpc) is 3.17. The normalized spacial score (nSPS) is 28.2. The molecule has 2 heterocycles. The Kier molecular flexibility index (Phi) is 18.5. The zero-order chi connectivity index (χ0) is 36.4. The smallest absolute Gasteiger partial charge is 0.160 e. The van der Waals surface area contributed by atoms with Crippen LogP contribution in [0.3, 0.4) is 0 Å². The summed E-state index contributed by atoms with van der Waals surface area (Å²) in [5.74, 6) is 2.51. The van der Waals surface area contributed by atoms with E-state index in [1.165, 1.54) is 151 Å². The van der Waals surface area contributed by atoms with Gasteiger partial charge in [0.15, 0.2) is 12.6 Å². The molecule has 0 bridgehead atoms. The van der Waals surface area contributed by atoms with Crippen molar-refractivity contribution in [1.82, 2.24) is 0 Å². The molecule has 1 aliphatic carbocycles. The van der Waals surface area contributed by atoms with Gasteiger partial charge in [0.1, 0.15) is 0 Å². The maximum absolute atomic E-state index is 6.48. The number of ether oxygens (including phenoxy) is 4. The molecule has 2 aliphatic heterocycles. The SMILES string of the molecule is CCCCCCCC[C@@H]1CO[C@@H](CCc2ccc(-c3ccc(CCC4CCC([C@@H]5OC[C@@H](CCCCCCCC)C(C)O5)CC4)cc3)cc2)OC1C. The molecule has 4 nitrogen and oxygen atoms in total. The van der Waals surface area contributed by atoms with Crippen molar-refractivity contribution in [2.24, 2.45) is 23.7 Å². The Hall–Kier alpha value is -1.72. The first-order chi connectivity index (χ1) is 25.5. The Balaban J connectivity index is 0.939. The van der Waals surface area contributed by atoms with Gasteiger partial charge in [-0.15, -0.1) is 0 Å². The van der Waals surface area contributed by atoms with Crippen LogP contribution in [0.1, 0.15) is 167 Å². The summed E-state index contributed by atoms with van der Waals surface area (Å²) in [5, 5.41) is 0. The van der Waals surface area contributed by atoms with E-state index in [0.29, 0.717) is 30.0 Å². The Labute approximate surface area is 319 Å². The molecule has 52 heavy (non-hydrogen) atoms. The second-order valence-corrected chi connectivity index (χ2v) is 17.0. The van der Waals surface area contributed by atoms with E-state index in [9.17, 15) is 0 Å². The van der Waals surface area contributed by atoms with Gasteiger partial charge in [-0.1, -0.05) is 139 Å². The summed E-state index contributed by atoms with van der Waals surface area (Å²) in [6.07, 6.45) is 28.8. The molecular weight excluding hydrogens is 641 g/mol. The third-order valence-electron chi connectivity index (χ3n) is 12.9. The van der Waals surface area contributed by atoms with Gasteiger partial charge in [-0.2, -0.15) is 0 Å². The van der Waals surface area contributed by atoms with Crippen LogP contribution in [0.15, 0.2) is 48.5 Å². The molecule has 0 amide bonds. The van der Waals surface area contributed by atoms with E-state index >= 15 is 0 Å². The second-order valence-electron chi connectivity index (χ2n) is 17.0. The fraction of sp³-hybridized carbons (Fsp3) is 0.750. The molecule has 1 saturated carbocycles. The average molecular weight is 717 g/mol.